The molecule has 0 fully saturated rings. The second-order valence-electron chi connectivity index (χ2n) is 19.4. The van der Waals surface area contributed by atoms with Gasteiger partial charge in [0.2, 0.25) is 0 Å². The molecule has 0 aliphatic rings. The molecular weight excluding hydrogens is 601 g/mol. The molecule has 0 saturated carbocycles. The smallest absolute Gasteiger partial charge is 0.00233 e. The summed E-state index contributed by atoms with van der Waals surface area (Å²) in [5.41, 5.74) is 13.6. The Labute approximate surface area is 301 Å². The molecule has 0 aliphatic heterocycles. The van der Waals surface area contributed by atoms with Crippen LogP contribution >= 0.6 is 0 Å². The van der Waals surface area contributed by atoms with Gasteiger partial charge in [0.15, 0.2) is 0 Å². The summed E-state index contributed by atoms with van der Waals surface area (Å²) in [6, 6.07) is 34.0. The minimum atomic E-state index is 0.0503. The van der Waals surface area contributed by atoms with Gasteiger partial charge in [-0.15, -0.1) is 0 Å². The highest BCUT2D eigenvalue weighted by atomic mass is 14.3. The number of rotatable bonds is 2. The Kier molecular flexibility index (Phi) is 7.66. The third kappa shape index (κ3) is 5.79. The van der Waals surface area contributed by atoms with Crippen molar-refractivity contribution in [3.05, 3.63) is 118 Å². The maximum atomic E-state index is 2.51. The van der Waals surface area contributed by atoms with E-state index in [2.05, 4.69) is 182 Å². The van der Waals surface area contributed by atoms with Crippen LogP contribution in [0, 0.1) is 13.8 Å². The van der Waals surface area contributed by atoms with Crippen LogP contribution in [0.25, 0.3) is 65.3 Å². The highest BCUT2D eigenvalue weighted by Crippen LogP contribution is 2.46. The fourth-order valence-corrected chi connectivity index (χ4v) is 7.78. The summed E-state index contributed by atoms with van der Waals surface area (Å²) in [6.45, 7) is 32.6. The minimum Gasteiger partial charge on any atom is -0.0581 e. The summed E-state index contributed by atoms with van der Waals surface area (Å²) in [5, 5.41) is 10.9. The molecule has 7 aromatic rings. The summed E-state index contributed by atoms with van der Waals surface area (Å²) in [7, 11) is 0. The maximum Gasteiger partial charge on any atom is -0.00233 e. The summed E-state index contributed by atoms with van der Waals surface area (Å²) in [6.07, 6.45) is 0. The Hall–Kier alpha value is -4.16. The van der Waals surface area contributed by atoms with Crippen LogP contribution in [0.15, 0.2) is 84.9 Å². The molecule has 0 spiro atoms. The topological polar surface area (TPSA) is 0 Å². The standard InChI is InChI=1S/C50H56/c1-29-15-17-39-40-18-16-30(2)42-24-34(32-21-37(49(9,10)11)28-38(22-32)50(12,13)14)26-44(46(40)42)43-25-33(23-41(29)45(39)43)31-19-35(47(3,4)5)27-36(20-31)48(6,7)8/h15-28H,1-14H3. The number of aryl methyl sites for hydroxylation is 2. The van der Waals surface area contributed by atoms with E-state index in [0.29, 0.717) is 0 Å². The molecule has 0 saturated heterocycles. The second kappa shape index (κ2) is 11.2. The van der Waals surface area contributed by atoms with Crippen molar-refractivity contribution in [3.8, 4) is 22.3 Å². The predicted octanol–water partition coefficient (Wildman–Crippen LogP) is 14.9. The molecule has 7 aromatic carbocycles. The lowest BCUT2D eigenvalue weighted by molar-refractivity contribution is 0.568. The van der Waals surface area contributed by atoms with E-state index >= 15 is 0 Å². The first-order valence-electron chi connectivity index (χ1n) is 18.6. The van der Waals surface area contributed by atoms with Gasteiger partial charge < -0.3 is 0 Å². The average Bonchev–Trinajstić information content (AvgIpc) is 3.02. The molecule has 0 heteroatoms. The van der Waals surface area contributed by atoms with Gasteiger partial charge >= 0.3 is 0 Å². The largest absolute Gasteiger partial charge is 0.0581 e. The van der Waals surface area contributed by atoms with E-state index in [9.17, 15) is 0 Å². The molecule has 0 heterocycles. The Balaban J connectivity index is 1.63. The van der Waals surface area contributed by atoms with Crippen LogP contribution in [0.4, 0.5) is 0 Å². The highest BCUT2D eigenvalue weighted by Gasteiger charge is 2.24. The van der Waals surface area contributed by atoms with Gasteiger partial charge in [-0.25, -0.2) is 0 Å². The zero-order chi connectivity index (χ0) is 36.3. The van der Waals surface area contributed by atoms with Crippen molar-refractivity contribution in [1.29, 1.82) is 0 Å². The van der Waals surface area contributed by atoms with Crippen molar-refractivity contribution >= 4 is 43.1 Å². The molecule has 0 aromatic heterocycles. The molecule has 0 radical (unpaired) electrons. The summed E-state index contributed by atoms with van der Waals surface area (Å²) in [4.78, 5) is 0. The van der Waals surface area contributed by atoms with E-state index in [1.165, 1.54) is 98.7 Å². The van der Waals surface area contributed by atoms with E-state index in [1.807, 2.05) is 0 Å². The van der Waals surface area contributed by atoms with Crippen molar-refractivity contribution in [2.24, 2.45) is 0 Å². The van der Waals surface area contributed by atoms with Gasteiger partial charge in [0.05, 0.1) is 0 Å². The number of hydrogen-bond acceptors (Lipinski definition) is 0. The van der Waals surface area contributed by atoms with Gasteiger partial charge in [0, 0.05) is 0 Å². The Morgan fingerprint density at radius 1 is 0.280 bits per heavy atom. The molecular formula is C50H56. The van der Waals surface area contributed by atoms with E-state index in [-0.39, 0.29) is 21.7 Å². The SMILES string of the molecule is Cc1ccc2c3ccc(C)c4cc(-c5cc(C(C)(C)C)cc(C(C)(C)C)c5)cc(c5cc(-c6cc(C(C)(C)C)cc(C(C)(C)C)c6)cc1c25)c43. The van der Waals surface area contributed by atoms with Crippen LogP contribution < -0.4 is 0 Å². The number of fused-ring (bicyclic) bond motifs is 2. The third-order valence-electron chi connectivity index (χ3n) is 11.2. The second-order valence-corrected chi connectivity index (χ2v) is 19.4. The number of hydrogen-bond donors (Lipinski definition) is 0. The first-order chi connectivity index (χ1) is 23.1. The van der Waals surface area contributed by atoms with E-state index in [4.69, 9.17) is 0 Å². The van der Waals surface area contributed by atoms with Crippen LogP contribution in [0.1, 0.15) is 116 Å². The Bertz CT molecular complexity index is 2210. The minimum absolute atomic E-state index is 0.0503. The van der Waals surface area contributed by atoms with Gasteiger partial charge in [0.25, 0.3) is 0 Å². The molecule has 0 amide bonds. The van der Waals surface area contributed by atoms with Gasteiger partial charge in [-0.3, -0.25) is 0 Å². The van der Waals surface area contributed by atoms with E-state index in [1.54, 1.807) is 0 Å². The zero-order valence-corrected chi connectivity index (χ0v) is 33.1. The monoisotopic (exact) mass is 656 g/mol. The molecule has 0 unspecified atom stereocenters. The fraction of sp³-hybridized carbons (Fsp3) is 0.360. The molecule has 0 bridgehead atoms. The molecule has 0 atom stereocenters. The van der Waals surface area contributed by atoms with E-state index in [0.717, 1.165) is 0 Å². The van der Waals surface area contributed by atoms with Crippen LogP contribution in [0.3, 0.4) is 0 Å². The van der Waals surface area contributed by atoms with Gasteiger partial charge in [-0.05, 0) is 158 Å². The Morgan fingerprint density at radius 2 is 0.540 bits per heavy atom. The molecule has 256 valence electrons. The van der Waals surface area contributed by atoms with Crippen molar-refractivity contribution in [1.82, 2.24) is 0 Å². The maximum absolute atomic E-state index is 2.51. The highest BCUT2D eigenvalue weighted by molar-refractivity contribution is 6.34. The predicted molar refractivity (Wildman–Crippen MR) is 223 cm³/mol. The zero-order valence-electron chi connectivity index (χ0n) is 33.1. The first-order valence-corrected chi connectivity index (χ1v) is 18.6. The third-order valence-corrected chi connectivity index (χ3v) is 11.2. The summed E-state index contributed by atoms with van der Waals surface area (Å²) < 4.78 is 0. The van der Waals surface area contributed by atoms with Crippen LogP contribution in [-0.4, -0.2) is 0 Å². The lowest BCUT2D eigenvalue weighted by Gasteiger charge is -2.27. The molecule has 0 aliphatic carbocycles. The number of benzene rings is 7. The van der Waals surface area contributed by atoms with Gasteiger partial charge in [-0.1, -0.05) is 144 Å². The molecule has 0 nitrogen and oxygen atoms in total. The average molecular weight is 657 g/mol. The first kappa shape index (κ1) is 34.3. The molecule has 50 heavy (non-hydrogen) atoms. The van der Waals surface area contributed by atoms with Crippen molar-refractivity contribution in [2.45, 2.75) is 119 Å². The van der Waals surface area contributed by atoms with Crippen molar-refractivity contribution in [3.63, 3.8) is 0 Å². The summed E-state index contributed by atoms with van der Waals surface area (Å²) in [5.74, 6) is 0. The lowest BCUT2D eigenvalue weighted by Crippen LogP contribution is -2.16. The van der Waals surface area contributed by atoms with Crippen LogP contribution in [0.2, 0.25) is 0 Å². The van der Waals surface area contributed by atoms with Gasteiger partial charge in [-0.2, -0.15) is 0 Å². The Morgan fingerprint density at radius 3 is 0.820 bits per heavy atom. The van der Waals surface area contributed by atoms with Crippen LogP contribution in [0.5, 0.6) is 0 Å². The van der Waals surface area contributed by atoms with Gasteiger partial charge in [0.1, 0.15) is 0 Å². The lowest BCUT2D eigenvalue weighted by atomic mass is 9.78. The van der Waals surface area contributed by atoms with E-state index < -0.39 is 0 Å². The quantitative estimate of drug-likeness (QED) is 0.128. The van der Waals surface area contributed by atoms with Crippen LogP contribution in [-0.2, 0) is 21.7 Å². The molecule has 7 rings (SSSR count). The fourth-order valence-electron chi connectivity index (χ4n) is 7.78. The van der Waals surface area contributed by atoms with Crippen molar-refractivity contribution in [2.75, 3.05) is 0 Å². The summed E-state index contributed by atoms with van der Waals surface area (Å²) >= 11 is 0. The molecule has 0 N–H and O–H groups in total. The van der Waals surface area contributed by atoms with Crippen molar-refractivity contribution < 1.29 is 0 Å². The normalized spacial score (nSPS) is 13.4.